The van der Waals surface area contributed by atoms with E-state index in [1.54, 1.807) is 12.1 Å². The number of hydrogen-bond acceptors (Lipinski definition) is 7. The molecule has 0 aliphatic carbocycles. The van der Waals surface area contributed by atoms with Crippen LogP contribution in [0.15, 0.2) is 71.6 Å². The minimum absolute atomic E-state index is 0.110. The summed E-state index contributed by atoms with van der Waals surface area (Å²) in [5.41, 5.74) is -1.17. The SMILES string of the molecule is O=C(Nc1ccc(S(=O)(=O)Nc2ccccc2Cl)cc1)c1cc([N+](=O)[O-])cc([N+](=O)[O-])c1. The minimum Gasteiger partial charge on any atom is -0.322 e. The fraction of sp³-hybridized carbons (Fsp3) is 0. The van der Waals surface area contributed by atoms with Crippen molar-refractivity contribution in [1.82, 2.24) is 0 Å². The number of benzene rings is 3. The molecule has 0 atom stereocenters. The highest BCUT2D eigenvalue weighted by molar-refractivity contribution is 7.92. The topological polar surface area (TPSA) is 162 Å². The van der Waals surface area contributed by atoms with Crippen molar-refractivity contribution < 1.29 is 23.1 Å². The highest BCUT2D eigenvalue weighted by Crippen LogP contribution is 2.26. The van der Waals surface area contributed by atoms with E-state index in [4.69, 9.17) is 11.6 Å². The Balaban J connectivity index is 1.80. The summed E-state index contributed by atoms with van der Waals surface area (Å²) in [5.74, 6) is -0.846. The van der Waals surface area contributed by atoms with Crippen LogP contribution in [-0.2, 0) is 10.0 Å². The molecular weight excluding hydrogens is 464 g/mol. The Kier molecular flexibility index (Phi) is 6.37. The lowest BCUT2D eigenvalue weighted by Crippen LogP contribution is -2.14. The lowest BCUT2D eigenvalue weighted by Gasteiger charge is -2.10. The molecule has 13 heteroatoms. The van der Waals surface area contributed by atoms with Gasteiger partial charge < -0.3 is 5.32 Å². The maximum Gasteiger partial charge on any atom is 0.277 e. The van der Waals surface area contributed by atoms with E-state index < -0.39 is 37.2 Å². The predicted octanol–water partition coefficient (Wildman–Crippen LogP) is 4.21. The molecule has 0 aliphatic heterocycles. The van der Waals surface area contributed by atoms with Crippen molar-refractivity contribution in [3.8, 4) is 0 Å². The van der Waals surface area contributed by atoms with Gasteiger partial charge in [-0.15, -0.1) is 0 Å². The molecule has 0 bridgehead atoms. The van der Waals surface area contributed by atoms with Crippen LogP contribution in [-0.4, -0.2) is 24.2 Å². The third kappa shape index (κ3) is 5.17. The molecule has 11 nitrogen and oxygen atoms in total. The first-order chi connectivity index (χ1) is 15.1. The Morgan fingerprint density at radius 1 is 0.875 bits per heavy atom. The van der Waals surface area contributed by atoms with Crippen LogP contribution < -0.4 is 10.0 Å². The number of rotatable bonds is 7. The number of nitrogens with one attached hydrogen (secondary N) is 2. The number of nitrogens with zero attached hydrogens (tertiary/aromatic N) is 2. The zero-order valence-electron chi connectivity index (χ0n) is 15.9. The first-order valence-electron chi connectivity index (χ1n) is 8.69. The highest BCUT2D eigenvalue weighted by Gasteiger charge is 2.20. The Morgan fingerprint density at radius 3 is 1.97 bits per heavy atom. The molecule has 3 aromatic rings. The van der Waals surface area contributed by atoms with E-state index in [2.05, 4.69) is 10.0 Å². The molecule has 0 aliphatic rings. The quantitative estimate of drug-likeness (QED) is 0.381. The summed E-state index contributed by atoms with van der Waals surface area (Å²) in [6.07, 6.45) is 0. The zero-order chi connectivity index (χ0) is 23.5. The molecule has 0 radical (unpaired) electrons. The number of hydrogen-bond donors (Lipinski definition) is 2. The number of non-ortho nitro benzene ring substituents is 2. The maximum atomic E-state index is 12.5. The second-order valence-electron chi connectivity index (χ2n) is 6.32. The number of para-hydroxylation sites is 1. The van der Waals surface area contributed by atoms with Crippen LogP contribution in [0.5, 0.6) is 0 Å². The van der Waals surface area contributed by atoms with Gasteiger partial charge in [-0.2, -0.15) is 0 Å². The molecule has 164 valence electrons. The summed E-state index contributed by atoms with van der Waals surface area (Å²) in [7, 11) is -3.96. The van der Waals surface area contributed by atoms with Crippen molar-refractivity contribution in [3.63, 3.8) is 0 Å². The van der Waals surface area contributed by atoms with Crippen LogP contribution in [0.1, 0.15) is 10.4 Å². The average molecular weight is 477 g/mol. The van der Waals surface area contributed by atoms with Gasteiger partial charge in [-0.1, -0.05) is 23.7 Å². The third-order valence-electron chi connectivity index (χ3n) is 4.13. The number of sulfonamides is 1. The molecule has 0 fully saturated rings. The number of carbonyl (C=O) groups is 1. The van der Waals surface area contributed by atoms with Gasteiger partial charge in [0.05, 0.1) is 37.1 Å². The smallest absolute Gasteiger partial charge is 0.277 e. The van der Waals surface area contributed by atoms with Crippen molar-refractivity contribution in [2.45, 2.75) is 4.90 Å². The number of anilines is 2. The molecule has 0 heterocycles. The average Bonchev–Trinajstić information content (AvgIpc) is 2.75. The van der Waals surface area contributed by atoms with Gasteiger partial charge in [0.15, 0.2) is 0 Å². The fourth-order valence-electron chi connectivity index (χ4n) is 2.61. The normalized spacial score (nSPS) is 10.9. The number of nitro benzene ring substituents is 2. The van der Waals surface area contributed by atoms with E-state index in [-0.39, 0.29) is 26.9 Å². The number of amides is 1. The van der Waals surface area contributed by atoms with Gasteiger partial charge in [0.2, 0.25) is 0 Å². The van der Waals surface area contributed by atoms with Crippen LogP contribution >= 0.6 is 11.6 Å². The summed E-state index contributed by atoms with van der Waals surface area (Å²) >= 11 is 5.96. The van der Waals surface area contributed by atoms with E-state index in [0.717, 1.165) is 18.2 Å². The minimum atomic E-state index is -3.96. The van der Waals surface area contributed by atoms with Gasteiger partial charge in [-0.05, 0) is 36.4 Å². The molecule has 0 aromatic heterocycles. The molecule has 0 unspecified atom stereocenters. The second kappa shape index (κ2) is 8.99. The van der Waals surface area contributed by atoms with Crippen LogP contribution in [0.3, 0.4) is 0 Å². The van der Waals surface area contributed by atoms with Gasteiger partial charge in [-0.3, -0.25) is 29.7 Å². The van der Waals surface area contributed by atoms with Crippen molar-refractivity contribution in [2.24, 2.45) is 0 Å². The molecule has 0 spiro atoms. The van der Waals surface area contributed by atoms with Crippen molar-refractivity contribution in [2.75, 3.05) is 10.0 Å². The summed E-state index contributed by atoms with van der Waals surface area (Å²) < 4.78 is 27.4. The zero-order valence-corrected chi connectivity index (χ0v) is 17.5. The van der Waals surface area contributed by atoms with Gasteiger partial charge in [0, 0.05) is 17.8 Å². The fourth-order valence-corrected chi connectivity index (χ4v) is 3.92. The number of halogens is 1. The molecule has 32 heavy (non-hydrogen) atoms. The molecule has 0 saturated heterocycles. The second-order valence-corrected chi connectivity index (χ2v) is 8.41. The van der Waals surface area contributed by atoms with Gasteiger partial charge in [0.25, 0.3) is 27.3 Å². The molecule has 3 rings (SSSR count). The summed E-state index contributed by atoms with van der Waals surface area (Å²) in [5, 5.41) is 24.6. The van der Waals surface area contributed by atoms with Crippen molar-refractivity contribution in [3.05, 3.63) is 97.5 Å². The Hall–Kier alpha value is -4.03. The van der Waals surface area contributed by atoms with Crippen LogP contribution in [0.4, 0.5) is 22.7 Å². The van der Waals surface area contributed by atoms with E-state index in [0.29, 0.717) is 0 Å². The van der Waals surface area contributed by atoms with Crippen molar-refractivity contribution >= 4 is 50.3 Å². The molecule has 1 amide bonds. The molecule has 3 aromatic carbocycles. The lowest BCUT2D eigenvalue weighted by atomic mass is 10.1. The third-order valence-corrected chi connectivity index (χ3v) is 5.84. The Labute approximate surface area is 186 Å². The number of carbonyl (C=O) groups excluding carboxylic acids is 1. The lowest BCUT2D eigenvalue weighted by molar-refractivity contribution is -0.394. The monoisotopic (exact) mass is 476 g/mol. The largest absolute Gasteiger partial charge is 0.322 e. The molecular formula is C19H13ClN4O7S. The Bertz CT molecular complexity index is 1300. The Morgan fingerprint density at radius 2 is 1.44 bits per heavy atom. The summed E-state index contributed by atoms with van der Waals surface area (Å²) in [4.78, 5) is 32.6. The van der Waals surface area contributed by atoms with E-state index in [1.807, 2.05) is 0 Å². The first-order valence-corrected chi connectivity index (χ1v) is 10.6. The van der Waals surface area contributed by atoms with E-state index in [1.165, 1.54) is 36.4 Å². The standard InChI is InChI=1S/C19H13ClN4O7S/c20-17-3-1-2-4-18(17)22-32(30,31)16-7-5-13(6-8-16)21-19(25)12-9-14(23(26)27)11-15(10-12)24(28)29/h1-11,22H,(H,21,25). The predicted molar refractivity (Wildman–Crippen MR) is 116 cm³/mol. The van der Waals surface area contributed by atoms with Gasteiger partial charge in [0.1, 0.15) is 0 Å². The van der Waals surface area contributed by atoms with Crippen LogP contribution in [0.25, 0.3) is 0 Å². The van der Waals surface area contributed by atoms with E-state index in [9.17, 15) is 33.4 Å². The van der Waals surface area contributed by atoms with Crippen LogP contribution in [0.2, 0.25) is 5.02 Å². The number of nitro groups is 2. The first kappa shape index (κ1) is 22.7. The summed E-state index contributed by atoms with van der Waals surface area (Å²) in [6, 6.07) is 13.9. The van der Waals surface area contributed by atoms with Crippen LogP contribution in [0, 0.1) is 20.2 Å². The van der Waals surface area contributed by atoms with E-state index >= 15 is 0 Å². The molecule has 2 N–H and O–H groups in total. The highest BCUT2D eigenvalue weighted by atomic mass is 35.5. The van der Waals surface area contributed by atoms with Gasteiger partial charge in [-0.25, -0.2) is 8.42 Å². The maximum absolute atomic E-state index is 12.5. The molecule has 0 saturated carbocycles. The van der Waals surface area contributed by atoms with Gasteiger partial charge >= 0.3 is 0 Å². The summed E-state index contributed by atoms with van der Waals surface area (Å²) in [6.45, 7) is 0. The van der Waals surface area contributed by atoms with Crippen molar-refractivity contribution in [1.29, 1.82) is 0 Å².